The van der Waals surface area contributed by atoms with E-state index in [1.165, 1.54) is 13.0 Å². The van der Waals surface area contributed by atoms with E-state index in [0.29, 0.717) is 12.1 Å². The normalized spacial score (nSPS) is 26.7. The van der Waals surface area contributed by atoms with Crippen LogP contribution < -0.4 is 0 Å². The molecule has 1 rings (SSSR count). The van der Waals surface area contributed by atoms with E-state index in [4.69, 9.17) is 4.74 Å². The number of likely N-dealkylation sites (tertiary alicyclic amines) is 1. The van der Waals surface area contributed by atoms with Crippen LogP contribution in [0, 0.1) is 0 Å². The van der Waals surface area contributed by atoms with Crippen molar-refractivity contribution >= 4 is 0 Å². The minimum Gasteiger partial charge on any atom is -0.377 e. The van der Waals surface area contributed by atoms with Gasteiger partial charge in [-0.3, -0.25) is 4.90 Å². The third kappa shape index (κ3) is 2.46. The van der Waals surface area contributed by atoms with Crippen LogP contribution in [0.25, 0.3) is 0 Å². The lowest BCUT2D eigenvalue weighted by Gasteiger charge is -2.19. The van der Waals surface area contributed by atoms with Gasteiger partial charge in [-0.2, -0.15) is 0 Å². The molecule has 1 heterocycles. The second kappa shape index (κ2) is 4.07. The van der Waals surface area contributed by atoms with Gasteiger partial charge < -0.3 is 4.74 Å². The molecule has 0 radical (unpaired) electrons. The third-order valence-electron chi connectivity index (χ3n) is 2.31. The summed E-state index contributed by atoms with van der Waals surface area (Å²) < 4.78 is 5.54. The molecule has 0 spiro atoms. The van der Waals surface area contributed by atoms with Crippen LogP contribution in [0.2, 0.25) is 0 Å². The van der Waals surface area contributed by atoms with Crippen molar-refractivity contribution < 1.29 is 4.74 Å². The van der Waals surface area contributed by atoms with E-state index in [1.54, 1.807) is 0 Å². The Kier molecular flexibility index (Phi) is 3.34. The second-order valence-electron chi connectivity index (χ2n) is 3.45. The number of ether oxygens (including phenoxy) is 1. The molecule has 0 N–H and O–H groups in total. The topological polar surface area (TPSA) is 12.5 Å². The molecule has 0 aromatic heterocycles. The third-order valence-corrected chi connectivity index (χ3v) is 2.31. The maximum atomic E-state index is 5.54. The SMILES string of the molecule is CCOC1CCN(C(C)C)C1. The summed E-state index contributed by atoms with van der Waals surface area (Å²) in [5.41, 5.74) is 0. The minimum atomic E-state index is 0.502. The Labute approximate surface area is 69.5 Å². The predicted octanol–water partition coefficient (Wildman–Crippen LogP) is 1.51. The number of rotatable bonds is 3. The summed E-state index contributed by atoms with van der Waals surface area (Å²) in [6.45, 7) is 9.76. The van der Waals surface area contributed by atoms with E-state index >= 15 is 0 Å². The van der Waals surface area contributed by atoms with Gasteiger partial charge >= 0.3 is 0 Å². The lowest BCUT2D eigenvalue weighted by atomic mass is 10.3. The van der Waals surface area contributed by atoms with E-state index in [9.17, 15) is 0 Å². The van der Waals surface area contributed by atoms with Gasteiger partial charge in [-0.05, 0) is 27.2 Å². The summed E-state index contributed by atoms with van der Waals surface area (Å²) in [6.07, 6.45) is 1.72. The van der Waals surface area contributed by atoms with Crippen LogP contribution in [-0.2, 0) is 4.74 Å². The van der Waals surface area contributed by atoms with E-state index in [0.717, 1.165) is 13.2 Å². The van der Waals surface area contributed by atoms with Crippen LogP contribution in [0.1, 0.15) is 27.2 Å². The molecule has 0 aromatic carbocycles. The highest BCUT2D eigenvalue weighted by molar-refractivity contribution is 4.77. The molecule has 66 valence electrons. The second-order valence-corrected chi connectivity index (χ2v) is 3.45. The van der Waals surface area contributed by atoms with Gasteiger partial charge in [0.25, 0.3) is 0 Å². The summed E-state index contributed by atoms with van der Waals surface area (Å²) in [5, 5.41) is 0. The number of nitrogens with zero attached hydrogens (tertiary/aromatic N) is 1. The smallest absolute Gasteiger partial charge is 0.0714 e. The maximum absolute atomic E-state index is 5.54. The Hall–Kier alpha value is -0.0800. The zero-order valence-electron chi connectivity index (χ0n) is 7.84. The first-order valence-electron chi connectivity index (χ1n) is 4.59. The van der Waals surface area contributed by atoms with Crippen molar-refractivity contribution in [2.75, 3.05) is 19.7 Å². The highest BCUT2D eigenvalue weighted by Crippen LogP contribution is 2.14. The van der Waals surface area contributed by atoms with Gasteiger partial charge in [0, 0.05) is 25.7 Å². The Morgan fingerprint density at radius 1 is 1.55 bits per heavy atom. The van der Waals surface area contributed by atoms with Crippen LogP contribution in [0.4, 0.5) is 0 Å². The fourth-order valence-corrected chi connectivity index (χ4v) is 1.59. The van der Waals surface area contributed by atoms with Crippen molar-refractivity contribution in [2.45, 2.75) is 39.3 Å². The van der Waals surface area contributed by atoms with Gasteiger partial charge in [0.05, 0.1) is 6.10 Å². The van der Waals surface area contributed by atoms with Crippen LogP contribution in [0.15, 0.2) is 0 Å². The lowest BCUT2D eigenvalue weighted by Crippen LogP contribution is -2.29. The summed E-state index contributed by atoms with van der Waals surface area (Å²) in [7, 11) is 0. The Balaban J connectivity index is 2.23. The average molecular weight is 157 g/mol. The van der Waals surface area contributed by atoms with Crippen molar-refractivity contribution in [1.29, 1.82) is 0 Å². The van der Waals surface area contributed by atoms with E-state index in [2.05, 4.69) is 25.7 Å². The maximum Gasteiger partial charge on any atom is 0.0714 e. The zero-order valence-corrected chi connectivity index (χ0v) is 7.84. The molecule has 0 amide bonds. The molecule has 0 bridgehead atoms. The van der Waals surface area contributed by atoms with E-state index in [-0.39, 0.29) is 0 Å². The first-order chi connectivity index (χ1) is 5.24. The van der Waals surface area contributed by atoms with Crippen LogP contribution in [0.3, 0.4) is 0 Å². The highest BCUT2D eigenvalue weighted by atomic mass is 16.5. The molecule has 1 aliphatic heterocycles. The summed E-state index contributed by atoms with van der Waals surface area (Å²) in [6, 6.07) is 0.681. The fourth-order valence-electron chi connectivity index (χ4n) is 1.59. The van der Waals surface area contributed by atoms with Gasteiger partial charge in [0.15, 0.2) is 0 Å². The van der Waals surface area contributed by atoms with Crippen molar-refractivity contribution in [2.24, 2.45) is 0 Å². The zero-order chi connectivity index (χ0) is 8.27. The molecule has 0 aliphatic carbocycles. The van der Waals surface area contributed by atoms with Crippen molar-refractivity contribution in [1.82, 2.24) is 4.90 Å². The molecule has 1 aliphatic rings. The van der Waals surface area contributed by atoms with E-state index in [1.807, 2.05) is 0 Å². The monoisotopic (exact) mass is 157 g/mol. The summed E-state index contributed by atoms with van der Waals surface area (Å²) >= 11 is 0. The van der Waals surface area contributed by atoms with Crippen LogP contribution in [0.5, 0.6) is 0 Å². The largest absolute Gasteiger partial charge is 0.377 e. The summed E-state index contributed by atoms with van der Waals surface area (Å²) in [5.74, 6) is 0. The van der Waals surface area contributed by atoms with Gasteiger partial charge in [-0.1, -0.05) is 0 Å². The molecule has 2 nitrogen and oxygen atoms in total. The van der Waals surface area contributed by atoms with Crippen LogP contribution >= 0.6 is 0 Å². The van der Waals surface area contributed by atoms with Gasteiger partial charge in [0.2, 0.25) is 0 Å². The molecule has 0 aromatic rings. The van der Waals surface area contributed by atoms with Crippen molar-refractivity contribution in [3.63, 3.8) is 0 Å². The predicted molar refractivity (Wildman–Crippen MR) is 46.7 cm³/mol. The molecule has 1 fully saturated rings. The quantitative estimate of drug-likeness (QED) is 0.615. The number of hydrogen-bond acceptors (Lipinski definition) is 2. The first kappa shape index (κ1) is 9.01. The average Bonchev–Trinajstić information content (AvgIpc) is 2.37. The van der Waals surface area contributed by atoms with Gasteiger partial charge in [-0.25, -0.2) is 0 Å². The van der Waals surface area contributed by atoms with Gasteiger partial charge in [0.1, 0.15) is 0 Å². The van der Waals surface area contributed by atoms with E-state index < -0.39 is 0 Å². The van der Waals surface area contributed by atoms with Crippen molar-refractivity contribution in [3.8, 4) is 0 Å². The van der Waals surface area contributed by atoms with Gasteiger partial charge in [-0.15, -0.1) is 0 Å². The fraction of sp³-hybridized carbons (Fsp3) is 1.00. The number of hydrogen-bond donors (Lipinski definition) is 0. The standard InChI is InChI=1S/C9H19NO/c1-4-11-9-5-6-10(7-9)8(2)3/h8-9H,4-7H2,1-3H3. The molecule has 11 heavy (non-hydrogen) atoms. The molecule has 1 saturated heterocycles. The Morgan fingerprint density at radius 2 is 2.27 bits per heavy atom. The van der Waals surface area contributed by atoms with Crippen LogP contribution in [-0.4, -0.2) is 36.7 Å². The Morgan fingerprint density at radius 3 is 2.73 bits per heavy atom. The molecule has 0 saturated carbocycles. The summed E-state index contributed by atoms with van der Waals surface area (Å²) in [4.78, 5) is 2.47. The molecular formula is C9H19NO. The molecule has 2 heteroatoms. The lowest BCUT2D eigenvalue weighted by molar-refractivity contribution is 0.0661. The first-order valence-corrected chi connectivity index (χ1v) is 4.59. The minimum absolute atomic E-state index is 0.502. The highest BCUT2D eigenvalue weighted by Gasteiger charge is 2.23. The molecule has 1 atom stereocenters. The Bertz CT molecular complexity index is 114. The molecule has 1 unspecified atom stereocenters. The van der Waals surface area contributed by atoms with Crippen molar-refractivity contribution in [3.05, 3.63) is 0 Å². The molecular weight excluding hydrogens is 138 g/mol.